The first-order valence-electron chi connectivity index (χ1n) is 7.97. The van der Waals surface area contributed by atoms with E-state index in [1.54, 1.807) is 31.2 Å². The van der Waals surface area contributed by atoms with Crippen LogP contribution in [0.25, 0.3) is 0 Å². The van der Waals surface area contributed by atoms with E-state index < -0.39 is 17.1 Å². The summed E-state index contributed by atoms with van der Waals surface area (Å²) in [6, 6.07) is 16.0. The van der Waals surface area contributed by atoms with Crippen LogP contribution < -0.4 is 17.0 Å². The molecule has 0 bridgehead atoms. The zero-order valence-corrected chi connectivity index (χ0v) is 14.1. The molecular weight excluding hydrogens is 332 g/mol. The lowest BCUT2D eigenvalue weighted by Crippen LogP contribution is -2.33. The zero-order chi connectivity index (χ0) is 18.7. The zero-order valence-electron chi connectivity index (χ0n) is 14.1. The standard InChI is InChI=1S/C19H18N4O3/c1-12(21-15-9-5-8-14(20)10-15)16-17(24)22-19(26)23(18(16)25)11-13-6-3-2-4-7-13/h2-10,25H,11,20H2,1H3,(H,22,24,26). The second kappa shape index (κ2) is 7.10. The summed E-state index contributed by atoms with van der Waals surface area (Å²) in [5.74, 6) is -0.423. The van der Waals surface area contributed by atoms with Crippen molar-refractivity contribution in [2.45, 2.75) is 13.5 Å². The van der Waals surface area contributed by atoms with Crippen LogP contribution in [0.4, 0.5) is 11.4 Å². The highest BCUT2D eigenvalue weighted by atomic mass is 16.3. The van der Waals surface area contributed by atoms with Gasteiger partial charge < -0.3 is 10.8 Å². The molecule has 1 heterocycles. The van der Waals surface area contributed by atoms with Gasteiger partial charge in [0.1, 0.15) is 5.56 Å². The number of aromatic nitrogens is 2. The van der Waals surface area contributed by atoms with Gasteiger partial charge in [0.2, 0.25) is 5.88 Å². The molecule has 3 rings (SSSR count). The third-order valence-electron chi connectivity index (χ3n) is 3.88. The number of nitrogen functional groups attached to an aromatic ring is 1. The molecule has 0 spiro atoms. The average molecular weight is 350 g/mol. The van der Waals surface area contributed by atoms with Crippen molar-refractivity contribution in [1.29, 1.82) is 0 Å². The van der Waals surface area contributed by atoms with E-state index in [9.17, 15) is 14.7 Å². The Labute approximate surface area is 149 Å². The Bertz CT molecular complexity index is 1080. The van der Waals surface area contributed by atoms with Gasteiger partial charge in [0.15, 0.2) is 0 Å². The quantitative estimate of drug-likeness (QED) is 0.493. The summed E-state index contributed by atoms with van der Waals surface area (Å²) in [4.78, 5) is 30.9. The molecule has 0 aliphatic rings. The van der Waals surface area contributed by atoms with Gasteiger partial charge in [-0.2, -0.15) is 0 Å². The summed E-state index contributed by atoms with van der Waals surface area (Å²) in [5, 5.41) is 10.6. The van der Waals surface area contributed by atoms with Crippen molar-refractivity contribution in [2.24, 2.45) is 4.99 Å². The first-order valence-corrected chi connectivity index (χ1v) is 7.97. The topological polar surface area (TPSA) is 113 Å². The third-order valence-corrected chi connectivity index (χ3v) is 3.88. The maximum Gasteiger partial charge on any atom is 0.331 e. The van der Waals surface area contributed by atoms with Crippen molar-refractivity contribution in [3.8, 4) is 5.88 Å². The second-order valence-corrected chi connectivity index (χ2v) is 5.82. The second-order valence-electron chi connectivity index (χ2n) is 5.82. The molecule has 26 heavy (non-hydrogen) atoms. The molecule has 0 amide bonds. The van der Waals surface area contributed by atoms with E-state index in [0.29, 0.717) is 11.4 Å². The molecule has 0 radical (unpaired) electrons. The highest BCUT2D eigenvalue weighted by molar-refractivity contribution is 6.01. The molecule has 0 saturated heterocycles. The summed E-state index contributed by atoms with van der Waals surface area (Å²) in [5.41, 5.74) is 6.47. The Morgan fingerprint density at radius 1 is 1.15 bits per heavy atom. The van der Waals surface area contributed by atoms with Gasteiger partial charge in [-0.1, -0.05) is 36.4 Å². The number of aliphatic imine (C=N–C) groups is 1. The van der Waals surface area contributed by atoms with Crippen LogP contribution in [0.2, 0.25) is 0 Å². The maximum atomic E-state index is 12.2. The van der Waals surface area contributed by atoms with E-state index >= 15 is 0 Å². The van der Waals surface area contributed by atoms with Crippen LogP contribution in [-0.4, -0.2) is 20.4 Å². The minimum Gasteiger partial charge on any atom is -0.494 e. The summed E-state index contributed by atoms with van der Waals surface area (Å²) >= 11 is 0. The van der Waals surface area contributed by atoms with Gasteiger partial charge >= 0.3 is 5.69 Å². The molecule has 0 saturated carbocycles. The number of nitrogens with zero attached hydrogens (tertiary/aromatic N) is 2. The minimum absolute atomic E-state index is 0.0528. The lowest BCUT2D eigenvalue weighted by molar-refractivity contribution is 0.408. The number of aromatic amines is 1. The lowest BCUT2D eigenvalue weighted by atomic mass is 10.2. The first kappa shape index (κ1) is 17.2. The number of hydrogen-bond donors (Lipinski definition) is 3. The maximum absolute atomic E-state index is 12.2. The van der Waals surface area contributed by atoms with Gasteiger partial charge in [-0.15, -0.1) is 0 Å². The summed E-state index contributed by atoms with van der Waals surface area (Å²) in [6.45, 7) is 1.71. The molecule has 7 heteroatoms. The van der Waals surface area contributed by atoms with E-state index in [0.717, 1.165) is 10.1 Å². The molecule has 0 aliphatic carbocycles. The predicted molar refractivity (Wildman–Crippen MR) is 101 cm³/mol. The predicted octanol–water partition coefficient (Wildman–Crippen LogP) is 2.01. The average Bonchev–Trinajstić information content (AvgIpc) is 2.59. The SMILES string of the molecule is CC(=Nc1cccc(N)c1)c1c(O)n(Cc2ccccc2)c(=O)[nH]c1=O. The van der Waals surface area contributed by atoms with Crippen LogP contribution in [-0.2, 0) is 6.54 Å². The molecule has 1 aromatic heterocycles. The molecule has 0 fully saturated rings. The molecular formula is C19H18N4O3. The van der Waals surface area contributed by atoms with Crippen molar-refractivity contribution in [3.63, 3.8) is 0 Å². The fraction of sp³-hybridized carbons (Fsp3) is 0.105. The molecule has 132 valence electrons. The Hall–Kier alpha value is -3.61. The number of H-pyrrole nitrogens is 1. The Morgan fingerprint density at radius 2 is 1.88 bits per heavy atom. The Kier molecular flexibility index (Phi) is 4.70. The summed E-state index contributed by atoms with van der Waals surface area (Å²) in [7, 11) is 0. The number of hydrogen-bond acceptors (Lipinski definition) is 5. The van der Waals surface area contributed by atoms with Crippen molar-refractivity contribution in [1.82, 2.24) is 9.55 Å². The molecule has 2 aromatic carbocycles. The molecule has 0 aliphatic heterocycles. The Balaban J connectivity index is 2.09. The van der Waals surface area contributed by atoms with Crippen molar-refractivity contribution in [2.75, 3.05) is 5.73 Å². The van der Waals surface area contributed by atoms with Crippen LogP contribution in [0, 0.1) is 0 Å². The summed E-state index contributed by atoms with van der Waals surface area (Å²) in [6.07, 6.45) is 0. The van der Waals surface area contributed by atoms with E-state index in [1.807, 2.05) is 30.3 Å². The van der Waals surface area contributed by atoms with Gasteiger partial charge in [-0.25, -0.2) is 4.79 Å². The highest BCUT2D eigenvalue weighted by Crippen LogP contribution is 2.19. The highest BCUT2D eigenvalue weighted by Gasteiger charge is 2.17. The van der Waals surface area contributed by atoms with E-state index in [2.05, 4.69) is 9.98 Å². The lowest BCUT2D eigenvalue weighted by Gasteiger charge is -2.11. The fourth-order valence-electron chi connectivity index (χ4n) is 2.64. The fourth-order valence-corrected chi connectivity index (χ4v) is 2.64. The molecule has 3 aromatic rings. The van der Waals surface area contributed by atoms with Gasteiger partial charge in [0.05, 0.1) is 17.9 Å². The number of aromatic hydroxyl groups is 1. The monoisotopic (exact) mass is 350 g/mol. The van der Waals surface area contributed by atoms with Crippen LogP contribution in [0.3, 0.4) is 0 Å². The van der Waals surface area contributed by atoms with E-state index in [-0.39, 0.29) is 17.8 Å². The first-order chi connectivity index (χ1) is 12.5. The normalized spacial score (nSPS) is 11.5. The van der Waals surface area contributed by atoms with Gasteiger partial charge in [-0.3, -0.25) is 19.3 Å². The number of anilines is 1. The van der Waals surface area contributed by atoms with Gasteiger partial charge in [0, 0.05) is 5.69 Å². The molecule has 4 N–H and O–H groups in total. The van der Waals surface area contributed by atoms with Crippen LogP contribution in [0.15, 0.2) is 69.2 Å². The molecule has 7 nitrogen and oxygen atoms in total. The van der Waals surface area contributed by atoms with Gasteiger partial charge in [-0.05, 0) is 30.7 Å². The largest absolute Gasteiger partial charge is 0.494 e. The van der Waals surface area contributed by atoms with Gasteiger partial charge in [0.25, 0.3) is 5.56 Å². The molecule has 0 atom stereocenters. The number of nitrogens with two attached hydrogens (primary N) is 1. The van der Waals surface area contributed by atoms with E-state index in [1.165, 1.54) is 0 Å². The third kappa shape index (κ3) is 3.56. The van der Waals surface area contributed by atoms with Crippen molar-refractivity contribution < 1.29 is 5.11 Å². The summed E-state index contributed by atoms with van der Waals surface area (Å²) < 4.78 is 1.10. The minimum atomic E-state index is -0.693. The smallest absolute Gasteiger partial charge is 0.331 e. The number of nitrogens with one attached hydrogen (secondary N) is 1. The van der Waals surface area contributed by atoms with Crippen molar-refractivity contribution in [3.05, 3.63) is 86.6 Å². The van der Waals surface area contributed by atoms with Crippen LogP contribution >= 0.6 is 0 Å². The number of rotatable bonds is 4. The van der Waals surface area contributed by atoms with Crippen molar-refractivity contribution >= 4 is 17.1 Å². The van der Waals surface area contributed by atoms with Crippen LogP contribution in [0.1, 0.15) is 18.1 Å². The van der Waals surface area contributed by atoms with E-state index in [4.69, 9.17) is 5.73 Å². The number of benzene rings is 2. The van der Waals surface area contributed by atoms with Crippen LogP contribution in [0.5, 0.6) is 5.88 Å². The molecule has 0 unspecified atom stereocenters. The Morgan fingerprint density at radius 3 is 2.58 bits per heavy atom.